The smallest absolute Gasteiger partial charge is 0.226 e. The molecule has 1 fully saturated rings. The van der Waals surface area contributed by atoms with Crippen LogP contribution in [0.15, 0.2) is 24.3 Å². The van der Waals surface area contributed by atoms with Gasteiger partial charge in [0.25, 0.3) is 0 Å². The molecule has 1 unspecified atom stereocenters. The summed E-state index contributed by atoms with van der Waals surface area (Å²) in [6, 6.07) is 7.43. The van der Waals surface area contributed by atoms with E-state index in [-0.39, 0.29) is 12.0 Å². The molecule has 1 aromatic rings. The number of amides is 1. The van der Waals surface area contributed by atoms with Gasteiger partial charge in [-0.2, -0.15) is 0 Å². The van der Waals surface area contributed by atoms with Crippen LogP contribution in [-0.4, -0.2) is 38.9 Å². The van der Waals surface area contributed by atoms with Gasteiger partial charge in [-0.25, -0.2) is 0 Å². The number of benzene rings is 1. The molecule has 0 bridgehead atoms. The fourth-order valence-electron chi connectivity index (χ4n) is 2.06. The lowest BCUT2D eigenvalue weighted by Gasteiger charge is -2.15. The normalized spacial score (nSPS) is 17.9. The number of methoxy groups -OCH3 is 1. The van der Waals surface area contributed by atoms with Crippen molar-refractivity contribution in [2.75, 3.05) is 32.2 Å². The molecule has 1 aliphatic heterocycles. The Labute approximate surface area is 119 Å². The summed E-state index contributed by atoms with van der Waals surface area (Å²) in [5.74, 6) is 0.591. The minimum atomic E-state index is -0.0833. The number of para-hydroxylation sites is 2. The molecule has 0 radical (unpaired) electrons. The van der Waals surface area contributed by atoms with Gasteiger partial charge in [0.15, 0.2) is 0 Å². The molecule has 1 aliphatic rings. The topological polar surface area (TPSA) is 56.8 Å². The van der Waals surface area contributed by atoms with Crippen molar-refractivity contribution in [1.29, 1.82) is 0 Å². The number of rotatable bonds is 7. The molecule has 1 amide bonds. The monoisotopic (exact) mass is 279 g/mol. The number of hydrogen-bond acceptors (Lipinski definition) is 4. The first-order chi connectivity index (χ1) is 9.79. The number of carbonyl (C=O) groups excluding carboxylic acids is 1. The molecule has 5 nitrogen and oxygen atoms in total. The Kier molecular flexibility index (Phi) is 5.83. The highest BCUT2D eigenvalue weighted by atomic mass is 16.5. The average Bonchev–Trinajstić information content (AvgIpc) is 2.97. The Morgan fingerprint density at radius 1 is 1.45 bits per heavy atom. The number of nitrogens with one attached hydrogen (secondary N) is 1. The van der Waals surface area contributed by atoms with Crippen molar-refractivity contribution in [3.8, 4) is 5.75 Å². The molecule has 0 saturated carbocycles. The quantitative estimate of drug-likeness (QED) is 0.831. The van der Waals surface area contributed by atoms with Gasteiger partial charge < -0.3 is 19.5 Å². The van der Waals surface area contributed by atoms with Crippen LogP contribution in [0.2, 0.25) is 0 Å². The van der Waals surface area contributed by atoms with Crippen molar-refractivity contribution in [2.45, 2.75) is 25.4 Å². The average molecular weight is 279 g/mol. The Morgan fingerprint density at radius 3 is 3.05 bits per heavy atom. The van der Waals surface area contributed by atoms with Crippen LogP contribution in [0.5, 0.6) is 5.75 Å². The molecule has 0 spiro atoms. The zero-order valence-corrected chi connectivity index (χ0v) is 11.8. The van der Waals surface area contributed by atoms with Crippen LogP contribution < -0.4 is 10.1 Å². The Hall–Kier alpha value is -1.59. The minimum absolute atomic E-state index is 0.0833. The van der Waals surface area contributed by atoms with Crippen molar-refractivity contribution in [3.05, 3.63) is 24.3 Å². The summed E-state index contributed by atoms with van der Waals surface area (Å²) in [6.07, 6.45) is 2.61. The molecule has 1 saturated heterocycles. The zero-order chi connectivity index (χ0) is 14.2. The van der Waals surface area contributed by atoms with E-state index in [0.717, 1.165) is 19.4 Å². The molecule has 20 heavy (non-hydrogen) atoms. The summed E-state index contributed by atoms with van der Waals surface area (Å²) in [6.45, 7) is 1.74. The predicted octanol–water partition coefficient (Wildman–Crippen LogP) is 2.22. The first-order valence-corrected chi connectivity index (χ1v) is 6.92. The third-order valence-electron chi connectivity index (χ3n) is 3.14. The number of ether oxygens (including phenoxy) is 3. The second-order valence-corrected chi connectivity index (χ2v) is 4.73. The van der Waals surface area contributed by atoms with Crippen LogP contribution in [0.4, 0.5) is 5.69 Å². The Balaban J connectivity index is 1.89. The molecule has 1 aromatic carbocycles. The van der Waals surface area contributed by atoms with E-state index in [9.17, 15) is 4.79 Å². The molecule has 0 aromatic heterocycles. The zero-order valence-electron chi connectivity index (χ0n) is 11.8. The first-order valence-electron chi connectivity index (χ1n) is 6.92. The lowest BCUT2D eigenvalue weighted by Crippen LogP contribution is -2.18. The highest BCUT2D eigenvalue weighted by Crippen LogP contribution is 2.25. The van der Waals surface area contributed by atoms with Gasteiger partial charge in [-0.3, -0.25) is 4.79 Å². The van der Waals surface area contributed by atoms with Crippen LogP contribution in [0.1, 0.15) is 19.3 Å². The van der Waals surface area contributed by atoms with Gasteiger partial charge in [0, 0.05) is 13.7 Å². The van der Waals surface area contributed by atoms with Gasteiger partial charge in [0.2, 0.25) is 5.91 Å². The van der Waals surface area contributed by atoms with Gasteiger partial charge >= 0.3 is 0 Å². The maximum Gasteiger partial charge on any atom is 0.226 e. The van der Waals surface area contributed by atoms with E-state index in [0.29, 0.717) is 31.1 Å². The number of carbonyl (C=O) groups is 1. The molecular weight excluding hydrogens is 258 g/mol. The van der Waals surface area contributed by atoms with Crippen molar-refractivity contribution < 1.29 is 19.0 Å². The van der Waals surface area contributed by atoms with E-state index in [1.54, 1.807) is 7.11 Å². The van der Waals surface area contributed by atoms with Crippen molar-refractivity contribution >= 4 is 11.6 Å². The largest absolute Gasteiger partial charge is 0.489 e. The third kappa shape index (κ3) is 4.51. The van der Waals surface area contributed by atoms with E-state index in [4.69, 9.17) is 14.2 Å². The molecule has 5 heteroatoms. The van der Waals surface area contributed by atoms with Gasteiger partial charge in [-0.1, -0.05) is 12.1 Å². The maximum absolute atomic E-state index is 11.7. The summed E-state index contributed by atoms with van der Waals surface area (Å²) < 4.78 is 16.2. The molecule has 1 atom stereocenters. The molecule has 0 aliphatic carbocycles. The second kappa shape index (κ2) is 7.87. The second-order valence-electron chi connectivity index (χ2n) is 4.73. The van der Waals surface area contributed by atoms with E-state index < -0.39 is 0 Å². The van der Waals surface area contributed by atoms with Gasteiger partial charge in [-0.15, -0.1) is 0 Å². The lowest BCUT2D eigenvalue weighted by molar-refractivity contribution is -0.117. The Morgan fingerprint density at radius 2 is 2.30 bits per heavy atom. The summed E-state index contributed by atoms with van der Waals surface area (Å²) >= 11 is 0. The third-order valence-corrected chi connectivity index (χ3v) is 3.14. The van der Waals surface area contributed by atoms with Crippen molar-refractivity contribution in [3.63, 3.8) is 0 Å². The fraction of sp³-hybridized carbons (Fsp3) is 0.533. The highest BCUT2D eigenvalue weighted by Gasteiger charge is 2.17. The van der Waals surface area contributed by atoms with Gasteiger partial charge in [0.05, 0.1) is 24.8 Å². The van der Waals surface area contributed by atoms with E-state index in [2.05, 4.69) is 5.32 Å². The SMILES string of the molecule is COCCC(=O)Nc1ccccc1OCC1CCCO1. The molecular formula is C15H21NO4. The van der Waals surface area contributed by atoms with Crippen LogP contribution in [0, 0.1) is 0 Å². The molecule has 2 rings (SSSR count). The van der Waals surface area contributed by atoms with Crippen LogP contribution in [0.25, 0.3) is 0 Å². The van der Waals surface area contributed by atoms with Crippen molar-refractivity contribution in [1.82, 2.24) is 0 Å². The Bertz CT molecular complexity index is 430. The summed E-state index contributed by atoms with van der Waals surface area (Å²) in [5.41, 5.74) is 0.687. The number of hydrogen-bond donors (Lipinski definition) is 1. The van der Waals surface area contributed by atoms with Crippen LogP contribution in [0.3, 0.4) is 0 Å². The van der Waals surface area contributed by atoms with Crippen LogP contribution >= 0.6 is 0 Å². The van der Waals surface area contributed by atoms with Crippen LogP contribution in [-0.2, 0) is 14.3 Å². The maximum atomic E-state index is 11.7. The fourth-order valence-corrected chi connectivity index (χ4v) is 2.06. The van der Waals surface area contributed by atoms with E-state index >= 15 is 0 Å². The number of anilines is 1. The first kappa shape index (κ1) is 14.8. The minimum Gasteiger partial charge on any atom is -0.489 e. The standard InChI is InChI=1S/C15H21NO4/c1-18-10-8-15(17)16-13-6-2-3-7-14(13)20-11-12-5-4-9-19-12/h2-3,6-7,12H,4-5,8-11H2,1H3,(H,16,17). The van der Waals surface area contributed by atoms with Crippen molar-refractivity contribution in [2.24, 2.45) is 0 Å². The predicted molar refractivity (Wildman–Crippen MR) is 76.0 cm³/mol. The van der Waals surface area contributed by atoms with E-state index in [1.807, 2.05) is 24.3 Å². The summed E-state index contributed by atoms with van der Waals surface area (Å²) in [7, 11) is 1.58. The molecule has 1 heterocycles. The summed E-state index contributed by atoms with van der Waals surface area (Å²) in [5, 5.41) is 2.84. The molecule has 1 N–H and O–H groups in total. The highest BCUT2D eigenvalue weighted by molar-refractivity contribution is 5.92. The molecule has 110 valence electrons. The van der Waals surface area contributed by atoms with Gasteiger partial charge in [-0.05, 0) is 25.0 Å². The summed E-state index contributed by atoms with van der Waals surface area (Å²) in [4.78, 5) is 11.7. The van der Waals surface area contributed by atoms with E-state index in [1.165, 1.54) is 0 Å². The van der Waals surface area contributed by atoms with Gasteiger partial charge in [0.1, 0.15) is 12.4 Å². The lowest BCUT2D eigenvalue weighted by atomic mass is 10.2.